The molecule has 1 aromatic carbocycles. The minimum Gasteiger partial charge on any atom is -0.495 e. The molecule has 4 N–H and O–H groups in total. The third kappa shape index (κ3) is 3.07. The van der Waals surface area contributed by atoms with E-state index in [1.807, 2.05) is 0 Å². The molecule has 0 heterocycles. The van der Waals surface area contributed by atoms with Gasteiger partial charge in [0.05, 0.1) is 12.8 Å². The predicted molar refractivity (Wildman–Crippen MR) is 56.3 cm³/mol. The first-order valence-electron chi connectivity index (χ1n) is 2.93. The lowest BCUT2D eigenvalue weighted by atomic mass is 10.2. The van der Waals surface area contributed by atoms with E-state index in [0.717, 1.165) is 0 Å². The minimum absolute atomic E-state index is 0. The van der Waals surface area contributed by atoms with Crippen LogP contribution in [0.25, 0.3) is 0 Å². The molecule has 0 amide bonds. The second-order valence-corrected chi connectivity index (χ2v) is 2.00. The van der Waals surface area contributed by atoms with Gasteiger partial charge < -0.3 is 16.2 Å². The number of nitrogens with two attached hydrogens (primary N) is 2. The van der Waals surface area contributed by atoms with E-state index in [0.29, 0.717) is 17.1 Å². The maximum absolute atomic E-state index is 5.53. The molecule has 1 rings (SSSR count). The predicted octanol–water partition coefficient (Wildman–Crippen LogP) is 1.70. The summed E-state index contributed by atoms with van der Waals surface area (Å²) >= 11 is 0. The van der Waals surface area contributed by atoms with E-state index in [1.165, 1.54) is 0 Å². The van der Waals surface area contributed by atoms with Gasteiger partial charge in [0.15, 0.2) is 0 Å². The second kappa shape index (κ2) is 5.80. The summed E-state index contributed by atoms with van der Waals surface area (Å²) in [6, 6.07) is 5.15. The van der Waals surface area contributed by atoms with Crippen molar-refractivity contribution >= 4 is 36.2 Å². The molecule has 0 unspecified atom stereocenters. The van der Waals surface area contributed by atoms with Crippen molar-refractivity contribution in [2.24, 2.45) is 0 Å². The highest BCUT2D eigenvalue weighted by Crippen LogP contribution is 2.22. The van der Waals surface area contributed by atoms with Crippen molar-refractivity contribution in [1.29, 1.82) is 0 Å². The summed E-state index contributed by atoms with van der Waals surface area (Å²) in [5.74, 6) is 0.661. The van der Waals surface area contributed by atoms with Crippen LogP contribution in [-0.2, 0) is 0 Å². The van der Waals surface area contributed by atoms with Gasteiger partial charge in [-0.25, -0.2) is 0 Å². The Balaban J connectivity index is 0. The highest BCUT2D eigenvalue weighted by Gasteiger charge is 1.96. The van der Waals surface area contributed by atoms with Crippen LogP contribution < -0.4 is 16.2 Å². The van der Waals surface area contributed by atoms with Crippen LogP contribution in [0.2, 0.25) is 0 Å². The molecule has 0 aliphatic carbocycles. The van der Waals surface area contributed by atoms with Gasteiger partial charge in [-0.15, -0.1) is 24.8 Å². The Hall–Kier alpha value is -0.800. The van der Waals surface area contributed by atoms with Crippen molar-refractivity contribution in [2.45, 2.75) is 0 Å². The number of methoxy groups -OCH3 is 1. The molecule has 0 fully saturated rings. The zero-order chi connectivity index (χ0) is 7.56. The highest BCUT2D eigenvalue weighted by atomic mass is 35.5. The number of hydrogen-bond acceptors (Lipinski definition) is 3. The molecule has 1 aromatic rings. The van der Waals surface area contributed by atoms with E-state index >= 15 is 0 Å². The van der Waals surface area contributed by atoms with Crippen LogP contribution in [-0.4, -0.2) is 7.11 Å². The van der Waals surface area contributed by atoms with Gasteiger partial charge in [0, 0.05) is 5.69 Å². The first kappa shape index (κ1) is 13.8. The third-order valence-corrected chi connectivity index (χ3v) is 1.25. The lowest BCUT2D eigenvalue weighted by molar-refractivity contribution is 0.417. The van der Waals surface area contributed by atoms with Gasteiger partial charge in [-0.1, -0.05) is 0 Å². The van der Waals surface area contributed by atoms with Gasteiger partial charge in [-0.2, -0.15) is 0 Å². The van der Waals surface area contributed by atoms with Crippen molar-refractivity contribution in [3.63, 3.8) is 0 Å². The molecule has 0 bridgehead atoms. The minimum atomic E-state index is 0. The Kier molecular flexibility index (Phi) is 6.65. The van der Waals surface area contributed by atoms with E-state index < -0.39 is 0 Å². The Morgan fingerprint density at radius 1 is 1.17 bits per heavy atom. The van der Waals surface area contributed by atoms with Crippen molar-refractivity contribution in [3.05, 3.63) is 18.2 Å². The van der Waals surface area contributed by atoms with Gasteiger partial charge in [0.1, 0.15) is 5.75 Å². The van der Waals surface area contributed by atoms with Crippen LogP contribution >= 0.6 is 24.8 Å². The Morgan fingerprint density at radius 3 is 2.17 bits per heavy atom. The summed E-state index contributed by atoms with van der Waals surface area (Å²) in [4.78, 5) is 0. The van der Waals surface area contributed by atoms with Crippen molar-refractivity contribution in [2.75, 3.05) is 18.6 Å². The molecule has 3 nitrogen and oxygen atoms in total. The molecule has 0 radical (unpaired) electrons. The molecule has 0 aliphatic heterocycles. The molecule has 12 heavy (non-hydrogen) atoms. The number of anilines is 2. The smallest absolute Gasteiger partial charge is 0.141 e. The number of benzene rings is 1. The molecule has 0 spiro atoms. The fourth-order valence-corrected chi connectivity index (χ4v) is 0.753. The number of rotatable bonds is 1. The molecular weight excluding hydrogens is 199 g/mol. The molecule has 0 aliphatic rings. The number of halogens is 2. The average Bonchev–Trinajstić information content (AvgIpc) is 1.88. The molecule has 0 saturated carbocycles. The van der Waals surface area contributed by atoms with Crippen LogP contribution in [0.15, 0.2) is 18.2 Å². The Morgan fingerprint density at radius 2 is 1.75 bits per heavy atom. The molecule has 0 saturated heterocycles. The monoisotopic (exact) mass is 210 g/mol. The zero-order valence-electron chi connectivity index (χ0n) is 6.61. The summed E-state index contributed by atoms with van der Waals surface area (Å²) in [7, 11) is 1.57. The maximum Gasteiger partial charge on any atom is 0.141 e. The number of ether oxygens (including phenoxy) is 1. The Bertz CT molecular complexity index is 243. The highest BCUT2D eigenvalue weighted by molar-refractivity contribution is 5.85. The number of hydrogen-bond donors (Lipinski definition) is 2. The number of nitrogen functional groups attached to an aromatic ring is 2. The fourth-order valence-electron chi connectivity index (χ4n) is 0.753. The second-order valence-electron chi connectivity index (χ2n) is 2.00. The summed E-state index contributed by atoms with van der Waals surface area (Å²) < 4.78 is 4.92. The van der Waals surface area contributed by atoms with Crippen LogP contribution in [0.3, 0.4) is 0 Å². The summed E-state index contributed by atoms with van der Waals surface area (Å²) in [5.41, 5.74) is 12.2. The van der Waals surface area contributed by atoms with Gasteiger partial charge in [-0.3, -0.25) is 0 Å². The van der Waals surface area contributed by atoms with E-state index in [2.05, 4.69) is 0 Å². The summed E-state index contributed by atoms with van der Waals surface area (Å²) in [6.45, 7) is 0. The third-order valence-electron chi connectivity index (χ3n) is 1.25. The van der Waals surface area contributed by atoms with Gasteiger partial charge in [-0.05, 0) is 18.2 Å². The van der Waals surface area contributed by atoms with Crippen molar-refractivity contribution in [3.8, 4) is 5.75 Å². The van der Waals surface area contributed by atoms with E-state index in [-0.39, 0.29) is 24.8 Å². The molecule has 5 heteroatoms. The van der Waals surface area contributed by atoms with E-state index in [1.54, 1.807) is 25.3 Å². The first-order valence-corrected chi connectivity index (χ1v) is 2.93. The topological polar surface area (TPSA) is 61.3 Å². The largest absolute Gasteiger partial charge is 0.495 e. The van der Waals surface area contributed by atoms with E-state index in [9.17, 15) is 0 Å². The molecule has 0 atom stereocenters. The lowest BCUT2D eigenvalue weighted by Gasteiger charge is -2.03. The van der Waals surface area contributed by atoms with Gasteiger partial charge >= 0.3 is 0 Å². The SMILES string of the molecule is COc1ccc(N)cc1N.Cl.Cl. The first-order chi connectivity index (χ1) is 4.74. The Labute approximate surface area is 83.9 Å². The fraction of sp³-hybridized carbons (Fsp3) is 0.143. The van der Waals surface area contributed by atoms with Crippen molar-refractivity contribution in [1.82, 2.24) is 0 Å². The lowest BCUT2D eigenvalue weighted by Crippen LogP contribution is -1.93. The van der Waals surface area contributed by atoms with Crippen molar-refractivity contribution < 1.29 is 4.74 Å². The standard InChI is InChI=1S/C7H10N2O.2ClH/c1-10-7-3-2-5(8)4-6(7)9;;/h2-4H,8-9H2,1H3;2*1H. The quantitative estimate of drug-likeness (QED) is 0.695. The van der Waals surface area contributed by atoms with Crippen LogP contribution in [0.1, 0.15) is 0 Å². The summed E-state index contributed by atoms with van der Waals surface area (Å²) in [6.07, 6.45) is 0. The maximum atomic E-state index is 5.53. The summed E-state index contributed by atoms with van der Waals surface area (Å²) in [5, 5.41) is 0. The molecular formula is C7H12Cl2N2O. The molecule has 0 aromatic heterocycles. The van der Waals surface area contributed by atoms with Gasteiger partial charge in [0.2, 0.25) is 0 Å². The van der Waals surface area contributed by atoms with E-state index in [4.69, 9.17) is 16.2 Å². The van der Waals surface area contributed by atoms with Crippen LogP contribution in [0, 0.1) is 0 Å². The zero-order valence-corrected chi connectivity index (χ0v) is 8.24. The molecule has 70 valence electrons. The van der Waals surface area contributed by atoms with Crippen LogP contribution in [0.5, 0.6) is 5.75 Å². The average molecular weight is 211 g/mol. The van der Waals surface area contributed by atoms with Crippen LogP contribution in [0.4, 0.5) is 11.4 Å². The van der Waals surface area contributed by atoms with Gasteiger partial charge in [0.25, 0.3) is 0 Å². The normalized spacial score (nSPS) is 7.75.